The highest BCUT2D eigenvalue weighted by Gasteiger charge is 2.17. The van der Waals surface area contributed by atoms with Gasteiger partial charge in [0.15, 0.2) is 0 Å². The predicted octanol–water partition coefficient (Wildman–Crippen LogP) is 5.45. The van der Waals surface area contributed by atoms with Gasteiger partial charge in [-0.2, -0.15) is 13.5 Å². The number of carboxylic acids is 1. The van der Waals surface area contributed by atoms with E-state index in [9.17, 15) is 14.7 Å². The van der Waals surface area contributed by atoms with Crippen LogP contribution in [0.25, 0.3) is 0 Å². The van der Waals surface area contributed by atoms with Crippen molar-refractivity contribution in [2.24, 2.45) is 0 Å². The molecule has 0 spiro atoms. The van der Waals surface area contributed by atoms with Crippen LogP contribution in [0, 0.1) is 0 Å². The SMILES string of the molecule is CCCOCCOCCOCCn1cc([C@@H](CCCCCCc2ccc3c(n2)CCCC3)CC(=O)O)ccc1=O.S. The Labute approximate surface area is 252 Å². The number of rotatable bonds is 21. The summed E-state index contributed by atoms with van der Waals surface area (Å²) in [4.78, 5) is 28.9. The number of ether oxygens (including phenoxy) is 3. The average molecular weight is 591 g/mol. The van der Waals surface area contributed by atoms with E-state index >= 15 is 0 Å². The molecule has 0 bridgehead atoms. The molecule has 0 fully saturated rings. The lowest BCUT2D eigenvalue weighted by molar-refractivity contribution is -0.137. The van der Waals surface area contributed by atoms with Gasteiger partial charge in [0.2, 0.25) is 0 Å². The molecule has 9 heteroatoms. The van der Waals surface area contributed by atoms with Crippen molar-refractivity contribution >= 4 is 19.5 Å². The summed E-state index contributed by atoms with van der Waals surface area (Å²) >= 11 is 0. The summed E-state index contributed by atoms with van der Waals surface area (Å²) in [5, 5.41) is 9.51. The summed E-state index contributed by atoms with van der Waals surface area (Å²) in [5.41, 5.74) is 4.70. The first-order valence-corrected chi connectivity index (χ1v) is 15.2. The molecule has 0 aromatic carbocycles. The van der Waals surface area contributed by atoms with Crippen molar-refractivity contribution in [2.75, 3.05) is 39.6 Å². The Morgan fingerprint density at radius 1 is 0.927 bits per heavy atom. The average Bonchev–Trinajstić information content (AvgIpc) is 2.96. The van der Waals surface area contributed by atoms with Crippen LogP contribution < -0.4 is 5.56 Å². The summed E-state index contributed by atoms with van der Waals surface area (Å²) in [7, 11) is 0. The minimum Gasteiger partial charge on any atom is -0.481 e. The summed E-state index contributed by atoms with van der Waals surface area (Å²) < 4.78 is 18.1. The Balaban J connectivity index is 0.00000588. The van der Waals surface area contributed by atoms with E-state index < -0.39 is 5.97 Å². The number of carbonyl (C=O) groups is 1. The molecule has 2 aromatic heterocycles. The van der Waals surface area contributed by atoms with E-state index in [0.717, 1.165) is 70.0 Å². The first-order valence-electron chi connectivity index (χ1n) is 15.2. The van der Waals surface area contributed by atoms with Gasteiger partial charge in [-0.25, -0.2) is 0 Å². The minimum atomic E-state index is -0.815. The van der Waals surface area contributed by atoms with E-state index in [2.05, 4.69) is 19.1 Å². The van der Waals surface area contributed by atoms with Gasteiger partial charge in [0.25, 0.3) is 5.56 Å². The van der Waals surface area contributed by atoms with Gasteiger partial charge < -0.3 is 23.9 Å². The van der Waals surface area contributed by atoms with Crippen molar-refractivity contribution in [3.8, 4) is 0 Å². The fourth-order valence-electron chi connectivity index (χ4n) is 5.23. The largest absolute Gasteiger partial charge is 0.481 e. The van der Waals surface area contributed by atoms with Crippen LogP contribution in [0.1, 0.15) is 93.1 Å². The topological polar surface area (TPSA) is 99.9 Å². The number of pyridine rings is 2. The van der Waals surface area contributed by atoms with Crippen LogP contribution in [0.4, 0.5) is 0 Å². The highest BCUT2D eigenvalue weighted by atomic mass is 32.1. The Morgan fingerprint density at radius 2 is 1.63 bits per heavy atom. The molecule has 3 rings (SSSR count). The lowest BCUT2D eigenvalue weighted by Crippen LogP contribution is -2.23. The first kappa shape index (κ1) is 35.0. The van der Waals surface area contributed by atoms with E-state index in [1.807, 2.05) is 6.20 Å². The van der Waals surface area contributed by atoms with Crippen molar-refractivity contribution in [3.63, 3.8) is 0 Å². The van der Waals surface area contributed by atoms with Gasteiger partial charge in [-0.15, -0.1) is 0 Å². The molecule has 2 heterocycles. The molecule has 1 aliphatic carbocycles. The second-order valence-corrected chi connectivity index (χ2v) is 10.7. The van der Waals surface area contributed by atoms with Crippen molar-refractivity contribution < 1.29 is 24.1 Å². The standard InChI is InChI=1S/C32H48N2O6.H2S/c1-2-18-38-20-22-40-23-21-39-19-17-34-25-28(14-16-31(34)35)27(24-32(36)37)10-5-3-4-6-11-29-15-13-26-9-7-8-12-30(26)33-29;/h13-16,25,27H,2-12,17-24H2,1H3,(H,36,37);1H2/t27-;/m0./s1. The van der Waals surface area contributed by atoms with Crippen molar-refractivity contribution in [3.05, 3.63) is 63.3 Å². The fraction of sp³-hybridized carbons (Fsp3) is 0.656. The maximum atomic E-state index is 12.4. The normalized spacial score (nSPS) is 13.4. The maximum Gasteiger partial charge on any atom is 0.303 e. The van der Waals surface area contributed by atoms with Crippen LogP contribution in [0.15, 0.2) is 35.3 Å². The van der Waals surface area contributed by atoms with Gasteiger partial charge in [0, 0.05) is 36.8 Å². The molecule has 0 unspecified atom stereocenters. The van der Waals surface area contributed by atoms with E-state index in [4.69, 9.17) is 19.2 Å². The van der Waals surface area contributed by atoms with Crippen LogP contribution in [0.2, 0.25) is 0 Å². The molecule has 1 aliphatic rings. The molecular formula is C32H50N2O6S. The number of fused-ring (bicyclic) bond motifs is 1. The van der Waals surface area contributed by atoms with Crippen molar-refractivity contribution in [1.82, 2.24) is 9.55 Å². The maximum absolute atomic E-state index is 12.4. The number of nitrogens with zero attached hydrogens (tertiary/aromatic N) is 2. The van der Waals surface area contributed by atoms with Gasteiger partial charge in [0.1, 0.15) is 0 Å². The smallest absolute Gasteiger partial charge is 0.303 e. The summed E-state index contributed by atoms with van der Waals surface area (Å²) in [6.07, 6.45) is 13.7. The van der Waals surface area contributed by atoms with Crippen molar-refractivity contribution in [1.29, 1.82) is 0 Å². The zero-order chi connectivity index (χ0) is 28.4. The van der Waals surface area contributed by atoms with Gasteiger partial charge in [-0.05, 0) is 74.5 Å². The number of aliphatic carboxylic acids is 1. The monoisotopic (exact) mass is 590 g/mol. The Hall–Kier alpha value is -2.20. The Morgan fingerprint density at radius 3 is 2.39 bits per heavy atom. The summed E-state index contributed by atoms with van der Waals surface area (Å²) in [6.45, 7) is 5.68. The van der Waals surface area contributed by atoms with Crippen LogP contribution in [0.3, 0.4) is 0 Å². The number of hydrogen-bond donors (Lipinski definition) is 1. The molecular weight excluding hydrogens is 540 g/mol. The summed E-state index contributed by atoms with van der Waals surface area (Å²) in [6, 6.07) is 7.77. The van der Waals surface area contributed by atoms with Crippen LogP contribution in [0.5, 0.6) is 0 Å². The third kappa shape index (κ3) is 13.5. The minimum absolute atomic E-state index is 0. The van der Waals surface area contributed by atoms with Gasteiger partial charge in [-0.3, -0.25) is 14.6 Å². The quantitative estimate of drug-likeness (QED) is 0.193. The van der Waals surface area contributed by atoms with E-state index in [-0.39, 0.29) is 31.4 Å². The van der Waals surface area contributed by atoms with Crippen LogP contribution in [-0.4, -0.2) is 60.3 Å². The van der Waals surface area contributed by atoms with Gasteiger partial charge in [-0.1, -0.05) is 38.3 Å². The van der Waals surface area contributed by atoms with E-state index in [0.29, 0.717) is 39.6 Å². The molecule has 0 saturated carbocycles. The highest BCUT2D eigenvalue weighted by molar-refractivity contribution is 7.59. The fourth-order valence-corrected chi connectivity index (χ4v) is 5.23. The Kier molecular flexibility index (Phi) is 17.6. The molecule has 2 aromatic rings. The molecule has 41 heavy (non-hydrogen) atoms. The van der Waals surface area contributed by atoms with E-state index in [1.54, 1.807) is 10.6 Å². The first-order chi connectivity index (χ1) is 19.6. The second kappa shape index (κ2) is 20.6. The zero-order valence-electron chi connectivity index (χ0n) is 24.8. The van der Waals surface area contributed by atoms with Gasteiger partial charge in [0.05, 0.1) is 39.5 Å². The van der Waals surface area contributed by atoms with Crippen LogP contribution >= 0.6 is 13.5 Å². The highest BCUT2D eigenvalue weighted by Crippen LogP contribution is 2.26. The third-order valence-corrected chi connectivity index (χ3v) is 7.44. The number of unbranched alkanes of at least 4 members (excludes halogenated alkanes) is 3. The lowest BCUT2D eigenvalue weighted by Gasteiger charge is -2.17. The van der Waals surface area contributed by atoms with Crippen LogP contribution in [-0.2, 0) is 44.8 Å². The number of aromatic nitrogens is 2. The second-order valence-electron chi connectivity index (χ2n) is 10.7. The molecule has 0 aliphatic heterocycles. The van der Waals surface area contributed by atoms with E-state index in [1.165, 1.54) is 35.9 Å². The van der Waals surface area contributed by atoms with Crippen molar-refractivity contribution in [2.45, 2.75) is 96.4 Å². The molecule has 1 N–H and O–H groups in total. The molecule has 0 amide bonds. The summed E-state index contributed by atoms with van der Waals surface area (Å²) in [5.74, 6) is -0.930. The molecule has 230 valence electrons. The zero-order valence-corrected chi connectivity index (χ0v) is 25.8. The number of aryl methyl sites for hydroxylation is 3. The molecule has 0 saturated heterocycles. The molecule has 0 radical (unpaired) electrons. The Bertz CT molecular complexity index is 1080. The third-order valence-electron chi connectivity index (χ3n) is 7.44. The lowest BCUT2D eigenvalue weighted by atomic mass is 9.91. The number of carboxylic acid groups (broad SMARTS) is 1. The van der Waals surface area contributed by atoms with Gasteiger partial charge >= 0.3 is 5.97 Å². The predicted molar refractivity (Wildman–Crippen MR) is 166 cm³/mol. The molecule has 8 nitrogen and oxygen atoms in total. The molecule has 1 atom stereocenters. The number of hydrogen-bond acceptors (Lipinski definition) is 6.